The Hall–Kier alpha value is -2.24. The smallest absolute Gasteiger partial charge is 0.408 e. The number of hydrogen-bond acceptors (Lipinski definition) is 3. The lowest BCUT2D eigenvalue weighted by Crippen LogP contribution is -2.41. The second kappa shape index (κ2) is 6.25. The number of nitrogens with one attached hydrogen (secondary N) is 2. The molecule has 1 fully saturated rings. The van der Waals surface area contributed by atoms with E-state index >= 15 is 0 Å². The van der Waals surface area contributed by atoms with Crippen LogP contribution in [0, 0.1) is 0 Å². The number of aryl methyl sites for hydroxylation is 1. The first-order chi connectivity index (χ1) is 10.6. The maximum Gasteiger partial charge on any atom is 0.419 e. The Morgan fingerprint density at radius 1 is 1.36 bits per heavy atom. The molecule has 1 heterocycles. The molecule has 1 aliphatic carbocycles. The standard InChI is InChI=1S/C16H21N3O3/c1-19-13-10-11(6-7-14(13)22-16(19)21)8-9-17-15(20)18-12-4-2-3-5-12/h6-7,10,12H,2-5,8-9H2,1H3,(H2,17,18,20). The highest BCUT2D eigenvalue weighted by Crippen LogP contribution is 2.17. The van der Waals surface area contributed by atoms with Gasteiger partial charge in [0.2, 0.25) is 0 Å². The fraction of sp³-hybridized carbons (Fsp3) is 0.500. The first-order valence-corrected chi connectivity index (χ1v) is 7.76. The van der Waals surface area contributed by atoms with Gasteiger partial charge in [-0.15, -0.1) is 0 Å². The Labute approximate surface area is 128 Å². The van der Waals surface area contributed by atoms with Gasteiger partial charge in [0.25, 0.3) is 0 Å². The first kappa shape index (κ1) is 14.7. The summed E-state index contributed by atoms with van der Waals surface area (Å²) >= 11 is 0. The van der Waals surface area contributed by atoms with Crippen LogP contribution in [0.4, 0.5) is 4.79 Å². The van der Waals surface area contributed by atoms with E-state index in [9.17, 15) is 9.59 Å². The van der Waals surface area contributed by atoms with Crippen molar-refractivity contribution in [3.63, 3.8) is 0 Å². The molecule has 0 bridgehead atoms. The molecule has 1 saturated carbocycles. The van der Waals surface area contributed by atoms with Crippen LogP contribution in [0.2, 0.25) is 0 Å². The van der Waals surface area contributed by atoms with E-state index in [1.165, 1.54) is 17.4 Å². The van der Waals surface area contributed by atoms with Crippen LogP contribution >= 0.6 is 0 Å². The molecule has 0 radical (unpaired) electrons. The number of fused-ring (bicyclic) bond motifs is 1. The predicted molar refractivity (Wildman–Crippen MR) is 83.9 cm³/mol. The van der Waals surface area contributed by atoms with Gasteiger partial charge in [-0.3, -0.25) is 4.57 Å². The monoisotopic (exact) mass is 303 g/mol. The number of nitrogens with zero attached hydrogens (tertiary/aromatic N) is 1. The van der Waals surface area contributed by atoms with Gasteiger partial charge in [0.15, 0.2) is 5.58 Å². The summed E-state index contributed by atoms with van der Waals surface area (Å²) in [5.74, 6) is -0.360. The number of urea groups is 1. The molecule has 0 atom stereocenters. The molecule has 2 aromatic rings. The topological polar surface area (TPSA) is 76.3 Å². The van der Waals surface area contributed by atoms with Crippen LogP contribution in [0.1, 0.15) is 31.2 Å². The van der Waals surface area contributed by atoms with Crippen LogP contribution in [0.5, 0.6) is 0 Å². The zero-order valence-electron chi connectivity index (χ0n) is 12.7. The third-order valence-electron chi connectivity index (χ3n) is 4.25. The van der Waals surface area contributed by atoms with Crippen molar-refractivity contribution in [3.05, 3.63) is 34.3 Å². The molecule has 22 heavy (non-hydrogen) atoms. The minimum absolute atomic E-state index is 0.0938. The van der Waals surface area contributed by atoms with Crippen molar-refractivity contribution in [2.45, 2.75) is 38.1 Å². The highest BCUT2D eigenvalue weighted by Gasteiger charge is 2.16. The van der Waals surface area contributed by atoms with Gasteiger partial charge in [-0.1, -0.05) is 18.9 Å². The van der Waals surface area contributed by atoms with E-state index in [-0.39, 0.29) is 11.8 Å². The SMILES string of the molecule is Cn1c(=O)oc2ccc(CCNC(=O)NC3CCCC3)cc21. The maximum absolute atomic E-state index is 11.8. The van der Waals surface area contributed by atoms with Gasteiger partial charge < -0.3 is 15.1 Å². The largest absolute Gasteiger partial charge is 0.419 e. The quantitative estimate of drug-likeness (QED) is 0.906. The molecule has 118 valence electrons. The number of oxazole rings is 1. The van der Waals surface area contributed by atoms with Gasteiger partial charge in [0.1, 0.15) is 0 Å². The van der Waals surface area contributed by atoms with Crippen LogP contribution in [-0.2, 0) is 13.5 Å². The van der Waals surface area contributed by atoms with E-state index in [0.29, 0.717) is 24.6 Å². The van der Waals surface area contributed by atoms with E-state index in [1.807, 2.05) is 12.1 Å². The summed E-state index contributed by atoms with van der Waals surface area (Å²) in [6.45, 7) is 0.565. The molecule has 1 aromatic heterocycles. The van der Waals surface area contributed by atoms with E-state index in [4.69, 9.17) is 4.42 Å². The fourth-order valence-corrected chi connectivity index (χ4v) is 2.95. The molecule has 2 N–H and O–H groups in total. The average Bonchev–Trinajstić information content (AvgIpc) is 3.09. The molecule has 0 aliphatic heterocycles. The maximum atomic E-state index is 11.8. The average molecular weight is 303 g/mol. The molecular formula is C16H21N3O3. The molecule has 0 saturated heterocycles. The van der Waals surface area contributed by atoms with Gasteiger partial charge in [0.05, 0.1) is 5.52 Å². The fourth-order valence-electron chi connectivity index (χ4n) is 2.95. The number of aromatic nitrogens is 1. The van der Waals surface area contributed by atoms with Gasteiger partial charge >= 0.3 is 11.8 Å². The van der Waals surface area contributed by atoms with Crippen molar-refractivity contribution in [1.29, 1.82) is 0 Å². The zero-order valence-corrected chi connectivity index (χ0v) is 12.7. The van der Waals surface area contributed by atoms with Crippen LogP contribution in [0.25, 0.3) is 11.1 Å². The summed E-state index contributed by atoms with van der Waals surface area (Å²) < 4.78 is 6.58. The van der Waals surface area contributed by atoms with Crippen molar-refractivity contribution in [2.75, 3.05) is 6.54 Å². The van der Waals surface area contributed by atoms with Gasteiger partial charge in [-0.25, -0.2) is 9.59 Å². The van der Waals surface area contributed by atoms with Crippen molar-refractivity contribution in [2.24, 2.45) is 7.05 Å². The lowest BCUT2D eigenvalue weighted by atomic mass is 10.1. The number of hydrogen-bond donors (Lipinski definition) is 2. The summed E-state index contributed by atoms with van der Waals surface area (Å²) in [6, 6.07) is 5.88. The Bertz CT molecular complexity index is 726. The highest BCUT2D eigenvalue weighted by molar-refractivity contribution is 5.75. The third kappa shape index (κ3) is 3.16. The van der Waals surface area contributed by atoms with Gasteiger partial charge in [-0.2, -0.15) is 0 Å². The number of benzene rings is 1. The minimum atomic E-state index is -0.360. The molecule has 6 heteroatoms. The predicted octanol–water partition coefficient (Wildman–Crippen LogP) is 1.92. The number of carbonyl (C=O) groups excluding carboxylic acids is 1. The summed E-state index contributed by atoms with van der Waals surface area (Å²) in [7, 11) is 1.69. The summed E-state index contributed by atoms with van der Waals surface area (Å²) in [5, 5.41) is 5.88. The summed E-state index contributed by atoms with van der Waals surface area (Å²) in [5.41, 5.74) is 2.42. The number of rotatable bonds is 4. The molecule has 1 aliphatic rings. The van der Waals surface area contributed by atoms with Crippen molar-refractivity contribution in [1.82, 2.24) is 15.2 Å². The molecular weight excluding hydrogens is 282 g/mol. The van der Waals surface area contributed by atoms with E-state index < -0.39 is 0 Å². The van der Waals surface area contributed by atoms with E-state index in [2.05, 4.69) is 10.6 Å². The third-order valence-corrected chi connectivity index (χ3v) is 4.25. The molecule has 1 aromatic carbocycles. The Morgan fingerprint density at radius 3 is 2.91 bits per heavy atom. The number of amides is 2. The summed E-state index contributed by atoms with van der Waals surface area (Å²) in [4.78, 5) is 23.2. The number of carbonyl (C=O) groups is 1. The zero-order chi connectivity index (χ0) is 15.5. The highest BCUT2D eigenvalue weighted by atomic mass is 16.4. The second-order valence-electron chi connectivity index (χ2n) is 5.86. The first-order valence-electron chi connectivity index (χ1n) is 7.76. The van der Waals surface area contributed by atoms with E-state index in [0.717, 1.165) is 23.9 Å². The second-order valence-corrected chi connectivity index (χ2v) is 5.86. The lowest BCUT2D eigenvalue weighted by molar-refractivity contribution is 0.237. The van der Waals surface area contributed by atoms with E-state index in [1.54, 1.807) is 13.1 Å². The van der Waals surface area contributed by atoms with Gasteiger partial charge in [0, 0.05) is 19.6 Å². The molecule has 3 rings (SSSR count). The molecule has 0 unspecified atom stereocenters. The molecule has 0 spiro atoms. The normalized spacial score (nSPS) is 15.3. The van der Waals surface area contributed by atoms with Crippen LogP contribution < -0.4 is 16.4 Å². The van der Waals surface area contributed by atoms with Crippen molar-refractivity contribution in [3.8, 4) is 0 Å². The Kier molecular flexibility index (Phi) is 4.18. The molecule has 2 amide bonds. The van der Waals surface area contributed by atoms with Crippen molar-refractivity contribution >= 4 is 17.1 Å². The van der Waals surface area contributed by atoms with Crippen LogP contribution in [0.15, 0.2) is 27.4 Å². The van der Waals surface area contributed by atoms with Gasteiger partial charge in [-0.05, 0) is 37.0 Å². The Balaban J connectivity index is 1.53. The van der Waals surface area contributed by atoms with Crippen molar-refractivity contribution < 1.29 is 9.21 Å². The molecule has 6 nitrogen and oxygen atoms in total. The minimum Gasteiger partial charge on any atom is -0.408 e. The van der Waals surface area contributed by atoms with Crippen LogP contribution in [0.3, 0.4) is 0 Å². The Morgan fingerprint density at radius 2 is 2.14 bits per heavy atom. The lowest BCUT2D eigenvalue weighted by Gasteiger charge is -2.12. The summed E-state index contributed by atoms with van der Waals surface area (Å²) in [6.07, 6.45) is 5.29. The van der Waals surface area contributed by atoms with Crippen LogP contribution in [-0.4, -0.2) is 23.2 Å².